The Kier molecular flexibility index (Phi) is 5.41. The maximum Gasteiger partial charge on any atom is 0.129 e. The summed E-state index contributed by atoms with van der Waals surface area (Å²) in [6, 6.07) is 5.25. The lowest BCUT2D eigenvalue weighted by atomic mass is 10.1. The number of nitrogens with one attached hydrogen (secondary N) is 1. The van der Waals surface area contributed by atoms with Crippen molar-refractivity contribution >= 4 is 5.82 Å². The molecule has 0 amide bonds. The fraction of sp³-hybridized carbons (Fsp3) is 0.706. The maximum atomic E-state index is 4.83. The molecule has 2 rings (SSSR count). The van der Waals surface area contributed by atoms with Crippen LogP contribution in [-0.4, -0.2) is 24.1 Å². The summed E-state index contributed by atoms with van der Waals surface area (Å²) in [5.74, 6) is 1.87. The predicted molar refractivity (Wildman–Crippen MR) is 86.2 cm³/mol. The standard InChI is InChI=1S/C17H29N3/c1-5-15-9-14(12-18-11-13(3)4)10-17(19-15)20(6-2)16-7-8-16/h9-10,13,16,18H,5-8,11-12H2,1-4H3. The molecule has 0 spiro atoms. The second-order valence-corrected chi connectivity index (χ2v) is 6.22. The van der Waals surface area contributed by atoms with Crippen molar-refractivity contribution in [2.75, 3.05) is 18.0 Å². The summed E-state index contributed by atoms with van der Waals surface area (Å²) in [6.07, 6.45) is 3.66. The largest absolute Gasteiger partial charge is 0.354 e. The number of pyridine rings is 1. The van der Waals surface area contributed by atoms with E-state index in [1.54, 1.807) is 0 Å². The summed E-state index contributed by atoms with van der Waals surface area (Å²) in [4.78, 5) is 7.29. The molecule has 112 valence electrons. The molecule has 0 saturated heterocycles. The normalized spacial score (nSPS) is 14.8. The molecule has 0 aliphatic heterocycles. The smallest absolute Gasteiger partial charge is 0.129 e. The van der Waals surface area contributed by atoms with Crippen molar-refractivity contribution in [3.8, 4) is 0 Å². The van der Waals surface area contributed by atoms with Crippen LogP contribution in [0.3, 0.4) is 0 Å². The molecule has 0 atom stereocenters. The van der Waals surface area contributed by atoms with E-state index in [4.69, 9.17) is 4.98 Å². The SMILES string of the molecule is CCc1cc(CNCC(C)C)cc(N(CC)C2CC2)n1. The summed E-state index contributed by atoms with van der Waals surface area (Å²) in [5, 5.41) is 3.54. The summed E-state index contributed by atoms with van der Waals surface area (Å²) < 4.78 is 0. The molecule has 1 heterocycles. The highest BCUT2D eigenvalue weighted by Crippen LogP contribution is 2.31. The molecule has 1 saturated carbocycles. The number of nitrogens with zero attached hydrogens (tertiary/aromatic N) is 2. The van der Waals surface area contributed by atoms with Gasteiger partial charge in [-0.15, -0.1) is 0 Å². The second kappa shape index (κ2) is 7.07. The van der Waals surface area contributed by atoms with Gasteiger partial charge in [0.15, 0.2) is 0 Å². The van der Waals surface area contributed by atoms with Gasteiger partial charge in [0.2, 0.25) is 0 Å². The van der Waals surface area contributed by atoms with Crippen LogP contribution in [0.25, 0.3) is 0 Å². The topological polar surface area (TPSA) is 28.2 Å². The molecule has 3 nitrogen and oxygen atoms in total. The van der Waals surface area contributed by atoms with Crippen molar-refractivity contribution in [3.05, 3.63) is 23.4 Å². The van der Waals surface area contributed by atoms with Crippen LogP contribution < -0.4 is 10.2 Å². The minimum atomic E-state index is 0.695. The lowest BCUT2D eigenvalue weighted by Gasteiger charge is -2.23. The fourth-order valence-corrected chi connectivity index (χ4v) is 2.56. The zero-order valence-electron chi connectivity index (χ0n) is 13.4. The van der Waals surface area contributed by atoms with E-state index in [9.17, 15) is 0 Å². The molecule has 1 fully saturated rings. The van der Waals surface area contributed by atoms with Gasteiger partial charge in [0, 0.05) is 24.8 Å². The van der Waals surface area contributed by atoms with E-state index in [-0.39, 0.29) is 0 Å². The van der Waals surface area contributed by atoms with Crippen LogP contribution >= 0.6 is 0 Å². The number of anilines is 1. The molecule has 0 aromatic carbocycles. The summed E-state index contributed by atoms with van der Waals surface area (Å²) in [7, 11) is 0. The van der Waals surface area contributed by atoms with Gasteiger partial charge in [-0.2, -0.15) is 0 Å². The summed E-state index contributed by atoms with van der Waals surface area (Å²) in [5.41, 5.74) is 2.58. The number of hydrogen-bond acceptors (Lipinski definition) is 3. The first-order valence-corrected chi connectivity index (χ1v) is 8.11. The lowest BCUT2D eigenvalue weighted by molar-refractivity contribution is 0.552. The van der Waals surface area contributed by atoms with Crippen molar-refractivity contribution < 1.29 is 0 Å². The first kappa shape index (κ1) is 15.3. The molecule has 1 aliphatic rings. The van der Waals surface area contributed by atoms with Crippen molar-refractivity contribution in [1.29, 1.82) is 0 Å². The molecule has 0 unspecified atom stereocenters. The van der Waals surface area contributed by atoms with Crippen LogP contribution in [0.5, 0.6) is 0 Å². The highest BCUT2D eigenvalue weighted by atomic mass is 15.2. The van der Waals surface area contributed by atoms with Crippen molar-refractivity contribution in [2.24, 2.45) is 5.92 Å². The fourth-order valence-electron chi connectivity index (χ4n) is 2.56. The minimum absolute atomic E-state index is 0.695. The van der Waals surface area contributed by atoms with Crippen molar-refractivity contribution in [1.82, 2.24) is 10.3 Å². The van der Waals surface area contributed by atoms with Gasteiger partial charge < -0.3 is 10.2 Å². The van der Waals surface area contributed by atoms with Gasteiger partial charge in [0.25, 0.3) is 0 Å². The van der Waals surface area contributed by atoms with Gasteiger partial charge in [-0.3, -0.25) is 0 Å². The van der Waals surface area contributed by atoms with Crippen LogP contribution in [0, 0.1) is 5.92 Å². The molecule has 1 aromatic rings. The van der Waals surface area contributed by atoms with Gasteiger partial charge in [-0.05, 0) is 56.3 Å². The average Bonchev–Trinajstić information content (AvgIpc) is 3.23. The Bertz CT molecular complexity index is 424. The van der Waals surface area contributed by atoms with Crippen LogP contribution in [0.1, 0.15) is 51.8 Å². The number of rotatable bonds is 8. The molecule has 1 N–H and O–H groups in total. The van der Waals surface area contributed by atoms with Crippen LogP contribution in [0.2, 0.25) is 0 Å². The van der Waals surface area contributed by atoms with Crippen LogP contribution in [0.15, 0.2) is 12.1 Å². The Morgan fingerprint density at radius 1 is 1.30 bits per heavy atom. The maximum absolute atomic E-state index is 4.83. The number of aryl methyl sites for hydroxylation is 1. The highest BCUT2D eigenvalue weighted by molar-refractivity contribution is 5.45. The van der Waals surface area contributed by atoms with Crippen LogP contribution in [0.4, 0.5) is 5.82 Å². The molecular weight excluding hydrogens is 246 g/mol. The van der Waals surface area contributed by atoms with Crippen LogP contribution in [-0.2, 0) is 13.0 Å². The van der Waals surface area contributed by atoms with E-state index < -0.39 is 0 Å². The van der Waals surface area contributed by atoms with Crippen molar-refractivity contribution in [3.63, 3.8) is 0 Å². The third kappa shape index (κ3) is 4.20. The zero-order chi connectivity index (χ0) is 14.5. The Morgan fingerprint density at radius 3 is 2.60 bits per heavy atom. The second-order valence-electron chi connectivity index (χ2n) is 6.22. The van der Waals surface area contributed by atoms with Gasteiger partial charge in [-0.25, -0.2) is 4.98 Å². The Morgan fingerprint density at radius 2 is 2.05 bits per heavy atom. The first-order chi connectivity index (χ1) is 9.63. The highest BCUT2D eigenvalue weighted by Gasteiger charge is 2.29. The van der Waals surface area contributed by atoms with E-state index in [0.717, 1.165) is 32.1 Å². The van der Waals surface area contributed by atoms with Gasteiger partial charge in [0.05, 0.1) is 0 Å². The van der Waals surface area contributed by atoms with Gasteiger partial charge >= 0.3 is 0 Å². The quantitative estimate of drug-likeness (QED) is 0.788. The monoisotopic (exact) mass is 275 g/mol. The zero-order valence-corrected chi connectivity index (χ0v) is 13.4. The van der Waals surface area contributed by atoms with Crippen molar-refractivity contribution in [2.45, 2.75) is 59.5 Å². The Hall–Kier alpha value is -1.09. The number of hydrogen-bond donors (Lipinski definition) is 1. The molecular formula is C17H29N3. The van der Waals surface area contributed by atoms with Gasteiger partial charge in [-0.1, -0.05) is 20.8 Å². The molecule has 1 aliphatic carbocycles. The van der Waals surface area contributed by atoms with E-state index >= 15 is 0 Å². The molecule has 1 aromatic heterocycles. The van der Waals surface area contributed by atoms with E-state index in [2.05, 4.69) is 50.0 Å². The summed E-state index contributed by atoms with van der Waals surface area (Å²) >= 11 is 0. The third-order valence-electron chi connectivity index (χ3n) is 3.79. The lowest BCUT2D eigenvalue weighted by Crippen LogP contribution is -2.27. The minimum Gasteiger partial charge on any atom is -0.354 e. The molecule has 0 radical (unpaired) electrons. The molecule has 3 heteroatoms. The molecule has 0 bridgehead atoms. The first-order valence-electron chi connectivity index (χ1n) is 8.11. The molecule has 20 heavy (non-hydrogen) atoms. The van der Waals surface area contributed by atoms with Gasteiger partial charge in [0.1, 0.15) is 5.82 Å². The average molecular weight is 275 g/mol. The summed E-state index contributed by atoms with van der Waals surface area (Å²) in [6.45, 7) is 12.0. The van der Waals surface area contributed by atoms with E-state index in [1.807, 2.05) is 0 Å². The van der Waals surface area contributed by atoms with E-state index in [0.29, 0.717) is 5.92 Å². The Labute approximate surface area is 123 Å². The Balaban J connectivity index is 2.10. The predicted octanol–water partition coefficient (Wildman–Crippen LogP) is 3.38. The number of aromatic nitrogens is 1. The van der Waals surface area contributed by atoms with E-state index in [1.165, 1.54) is 29.9 Å². The third-order valence-corrected chi connectivity index (χ3v) is 3.79.